The number of halogens is 3. The number of guanidine groups is 1. The van der Waals surface area contributed by atoms with Gasteiger partial charge in [-0.15, -0.1) is 37.2 Å². The normalized spacial score (nSPS) is 17.0. The molecule has 1 unspecified atom stereocenters. The van der Waals surface area contributed by atoms with E-state index in [9.17, 15) is 0 Å². The number of aromatic nitrogens is 1. The van der Waals surface area contributed by atoms with Crippen molar-refractivity contribution in [2.24, 2.45) is 15.7 Å². The zero-order chi connectivity index (χ0) is 24.7. The number of nitrogens with zero attached hydrogens (tertiary/aromatic N) is 4. The number of likely N-dealkylation sites (tertiary alicyclic amines) is 1. The maximum atomic E-state index is 6.47. The van der Waals surface area contributed by atoms with Gasteiger partial charge in [-0.25, -0.2) is 9.98 Å². The number of aliphatic imine (C=N–C) groups is 2. The van der Waals surface area contributed by atoms with Crippen LogP contribution in [0.3, 0.4) is 0 Å². The second-order valence-corrected chi connectivity index (χ2v) is 9.32. The quantitative estimate of drug-likeness (QED) is 0.383. The number of piperidine rings is 1. The number of hydrogen-bond acceptors (Lipinski definition) is 8. The number of hydrogen-bond donors (Lipinski definition) is 2. The number of pyridine rings is 1. The minimum absolute atomic E-state index is 0. The van der Waals surface area contributed by atoms with Crippen LogP contribution >= 0.6 is 37.2 Å². The van der Waals surface area contributed by atoms with E-state index in [1.165, 1.54) is 0 Å². The van der Waals surface area contributed by atoms with Gasteiger partial charge in [0.05, 0.1) is 30.1 Å². The zero-order valence-corrected chi connectivity index (χ0v) is 25.7. The van der Waals surface area contributed by atoms with Gasteiger partial charge >= 0.3 is 0 Å². The Morgan fingerprint density at radius 2 is 1.80 bits per heavy atom. The SMILES string of the molecule is CCOCCOC(C1=C2N=C(NC3CCN(CCN)CC3)N=C2CC=C1)c1cccc2cccnc12.Cl.Cl.Cl.O.O. The van der Waals surface area contributed by atoms with Gasteiger partial charge in [-0.05, 0) is 25.8 Å². The van der Waals surface area contributed by atoms with E-state index < -0.39 is 0 Å². The summed E-state index contributed by atoms with van der Waals surface area (Å²) in [7, 11) is 0. The van der Waals surface area contributed by atoms with Crippen molar-refractivity contribution in [3.05, 3.63) is 65.5 Å². The topological polar surface area (TPSA) is 160 Å². The fourth-order valence-electron chi connectivity index (χ4n) is 5.12. The Balaban J connectivity index is 0.00000320. The van der Waals surface area contributed by atoms with E-state index in [2.05, 4.69) is 46.6 Å². The third-order valence-electron chi connectivity index (χ3n) is 6.93. The van der Waals surface area contributed by atoms with Gasteiger partial charge in [0.2, 0.25) is 5.96 Å². The van der Waals surface area contributed by atoms with Crippen molar-refractivity contribution in [1.29, 1.82) is 0 Å². The molecule has 41 heavy (non-hydrogen) atoms. The highest BCUT2D eigenvalue weighted by Crippen LogP contribution is 2.37. The number of ether oxygens (including phenoxy) is 2. The van der Waals surface area contributed by atoms with Crippen molar-refractivity contribution in [2.75, 3.05) is 46.0 Å². The Hall–Kier alpha value is -2.12. The van der Waals surface area contributed by atoms with Gasteiger partial charge in [0.15, 0.2) is 0 Å². The molecule has 0 bridgehead atoms. The van der Waals surface area contributed by atoms with Crippen molar-refractivity contribution >= 4 is 59.8 Å². The average Bonchev–Trinajstić information content (AvgIpc) is 3.33. The standard InChI is InChI=1S/C28H36N6O2.3ClH.2H2O/c1-2-35-18-19-36-27(22-8-3-6-20-7-5-14-30-25(20)22)23-9-4-10-24-26(23)33-28(32-24)31-21-11-15-34(16-12-21)17-13-29;;;;;/h3-9,14,21,27H,2,10-13,15-19,29H2,1H3,(H,31,33);3*1H;2*1H2. The fourth-order valence-corrected chi connectivity index (χ4v) is 5.12. The highest BCUT2D eigenvalue weighted by molar-refractivity contribution is 6.14. The summed E-state index contributed by atoms with van der Waals surface area (Å²) in [6.07, 6.45) is 8.71. The average molecular weight is 634 g/mol. The van der Waals surface area contributed by atoms with Gasteiger partial charge in [0, 0.05) is 68.0 Å². The summed E-state index contributed by atoms with van der Waals surface area (Å²) in [5.74, 6) is 0.711. The van der Waals surface area contributed by atoms with Crippen LogP contribution in [0.1, 0.15) is 37.9 Å². The molecule has 2 aromatic rings. The van der Waals surface area contributed by atoms with E-state index in [0.29, 0.717) is 38.4 Å². The molecule has 10 nitrogen and oxygen atoms in total. The molecule has 13 heteroatoms. The molecule has 1 aromatic carbocycles. The Morgan fingerprint density at radius 3 is 2.54 bits per heavy atom. The molecule has 0 spiro atoms. The minimum Gasteiger partial charge on any atom is -0.412 e. The second kappa shape index (κ2) is 19.1. The number of fused-ring (bicyclic) bond motifs is 2. The van der Waals surface area contributed by atoms with Crippen LogP contribution in [0.15, 0.2) is 69.9 Å². The first-order valence-electron chi connectivity index (χ1n) is 13.1. The summed E-state index contributed by atoms with van der Waals surface area (Å²) < 4.78 is 12.0. The summed E-state index contributed by atoms with van der Waals surface area (Å²) in [6.45, 7) is 7.46. The molecule has 7 N–H and O–H groups in total. The lowest BCUT2D eigenvalue weighted by atomic mass is 9.92. The predicted octanol–water partition coefficient (Wildman–Crippen LogP) is 2.98. The number of allylic oxidation sites excluding steroid dienone is 2. The molecular weight excluding hydrogens is 591 g/mol. The largest absolute Gasteiger partial charge is 0.412 e. The highest BCUT2D eigenvalue weighted by Gasteiger charge is 2.30. The molecule has 1 aromatic heterocycles. The van der Waals surface area contributed by atoms with Crippen molar-refractivity contribution in [2.45, 2.75) is 38.3 Å². The van der Waals surface area contributed by atoms with Gasteiger partial charge in [0.1, 0.15) is 6.10 Å². The first kappa shape index (κ1) is 38.9. The Labute approximate surface area is 260 Å². The lowest BCUT2D eigenvalue weighted by molar-refractivity contribution is 0.0232. The lowest BCUT2D eigenvalue weighted by Gasteiger charge is -2.31. The molecule has 230 valence electrons. The molecule has 1 saturated heterocycles. The summed E-state index contributed by atoms with van der Waals surface area (Å²) in [5.41, 5.74) is 10.6. The van der Waals surface area contributed by atoms with E-state index in [1.807, 2.05) is 19.2 Å². The number of rotatable bonds is 10. The molecule has 0 amide bonds. The Morgan fingerprint density at radius 1 is 1.05 bits per heavy atom. The van der Waals surface area contributed by atoms with E-state index in [0.717, 1.165) is 72.3 Å². The van der Waals surface area contributed by atoms with Gasteiger partial charge in [0.25, 0.3) is 0 Å². The first-order valence-corrected chi connectivity index (χ1v) is 13.1. The van der Waals surface area contributed by atoms with Crippen LogP contribution in [0, 0.1) is 0 Å². The number of para-hydroxylation sites is 1. The van der Waals surface area contributed by atoms with Gasteiger partial charge in [-0.1, -0.05) is 36.4 Å². The van der Waals surface area contributed by atoms with Gasteiger partial charge in [-0.2, -0.15) is 0 Å². The van der Waals surface area contributed by atoms with Crippen LogP contribution in [-0.2, 0) is 9.47 Å². The van der Waals surface area contributed by atoms with Crippen LogP contribution in [0.2, 0.25) is 0 Å². The molecule has 0 radical (unpaired) electrons. The lowest BCUT2D eigenvalue weighted by Crippen LogP contribution is -2.45. The van der Waals surface area contributed by atoms with E-state index in [-0.39, 0.29) is 54.3 Å². The van der Waals surface area contributed by atoms with Crippen molar-refractivity contribution < 1.29 is 20.4 Å². The Bertz CT molecular complexity index is 1200. The summed E-state index contributed by atoms with van der Waals surface area (Å²) in [5, 5.41) is 4.68. The predicted molar refractivity (Wildman–Crippen MR) is 173 cm³/mol. The van der Waals surface area contributed by atoms with Crippen LogP contribution in [0.25, 0.3) is 10.9 Å². The third kappa shape index (κ3) is 9.44. The zero-order valence-electron chi connectivity index (χ0n) is 23.3. The van der Waals surface area contributed by atoms with Gasteiger partial charge in [-0.3, -0.25) is 4.98 Å². The molecule has 5 rings (SSSR count). The van der Waals surface area contributed by atoms with Crippen molar-refractivity contribution in [3.63, 3.8) is 0 Å². The molecule has 0 saturated carbocycles. The number of nitrogens with one attached hydrogen (secondary N) is 1. The Kier molecular flexibility index (Phi) is 18.2. The van der Waals surface area contributed by atoms with Crippen molar-refractivity contribution in [1.82, 2.24) is 15.2 Å². The maximum Gasteiger partial charge on any atom is 0.223 e. The molecule has 3 aliphatic rings. The molecule has 1 atom stereocenters. The van der Waals surface area contributed by atoms with Crippen LogP contribution in [0.5, 0.6) is 0 Å². The van der Waals surface area contributed by atoms with Crippen LogP contribution < -0.4 is 11.1 Å². The molecular formula is C28H43Cl3N6O4. The smallest absolute Gasteiger partial charge is 0.223 e. The summed E-state index contributed by atoms with van der Waals surface area (Å²) in [4.78, 5) is 17.0. The molecule has 1 aliphatic carbocycles. The van der Waals surface area contributed by atoms with Crippen LogP contribution in [0.4, 0.5) is 0 Å². The van der Waals surface area contributed by atoms with E-state index in [4.69, 9.17) is 30.2 Å². The molecule has 1 fully saturated rings. The summed E-state index contributed by atoms with van der Waals surface area (Å²) >= 11 is 0. The van der Waals surface area contributed by atoms with Gasteiger partial charge < -0.3 is 36.4 Å². The number of benzene rings is 1. The second-order valence-electron chi connectivity index (χ2n) is 9.32. The molecule has 2 aliphatic heterocycles. The fraction of sp³-hybridized carbons (Fsp3) is 0.464. The third-order valence-corrected chi connectivity index (χ3v) is 6.93. The number of nitrogens with two attached hydrogens (primary N) is 1. The maximum absolute atomic E-state index is 6.47. The van der Waals surface area contributed by atoms with E-state index >= 15 is 0 Å². The molecule has 3 heterocycles. The van der Waals surface area contributed by atoms with Crippen molar-refractivity contribution in [3.8, 4) is 0 Å². The minimum atomic E-state index is -0.316. The summed E-state index contributed by atoms with van der Waals surface area (Å²) in [6, 6.07) is 10.7. The van der Waals surface area contributed by atoms with E-state index in [1.54, 1.807) is 0 Å². The highest BCUT2D eigenvalue weighted by atomic mass is 35.5. The van der Waals surface area contributed by atoms with Crippen LogP contribution in [-0.4, -0.2) is 84.5 Å². The monoisotopic (exact) mass is 632 g/mol. The first-order chi connectivity index (χ1) is 17.8.